The fraction of sp³-hybridized carbons (Fsp3) is 0.450. The predicted molar refractivity (Wildman–Crippen MR) is 103 cm³/mol. The molecule has 1 fully saturated rings. The fourth-order valence-electron chi connectivity index (χ4n) is 3.79. The van der Waals surface area contributed by atoms with Crippen LogP contribution >= 0.6 is 0 Å². The first kappa shape index (κ1) is 17.6. The molecule has 2 N–H and O–H groups in total. The summed E-state index contributed by atoms with van der Waals surface area (Å²) in [4.78, 5) is 28.4. The van der Waals surface area contributed by atoms with Crippen molar-refractivity contribution < 1.29 is 9.59 Å². The molecule has 27 heavy (non-hydrogen) atoms. The van der Waals surface area contributed by atoms with E-state index in [-0.39, 0.29) is 17.7 Å². The van der Waals surface area contributed by atoms with Crippen LogP contribution in [0.1, 0.15) is 49.4 Å². The van der Waals surface area contributed by atoms with Gasteiger partial charge in [0.1, 0.15) is 0 Å². The molecule has 0 aliphatic carbocycles. The number of carbonyl (C=O) groups is 2. The van der Waals surface area contributed by atoms with E-state index in [2.05, 4.69) is 32.5 Å². The second-order valence-electron chi connectivity index (χ2n) is 7.40. The summed E-state index contributed by atoms with van der Waals surface area (Å²) >= 11 is 0. The number of nitrogens with one attached hydrogen (secondary N) is 2. The molecule has 0 saturated carbocycles. The van der Waals surface area contributed by atoms with Gasteiger partial charge in [-0.15, -0.1) is 0 Å². The van der Waals surface area contributed by atoms with Gasteiger partial charge in [0, 0.05) is 31.3 Å². The summed E-state index contributed by atoms with van der Waals surface area (Å²) in [5.74, 6) is 0.164. The topological polar surface area (TPSA) is 81.3 Å². The third-order valence-electron chi connectivity index (χ3n) is 5.60. The van der Waals surface area contributed by atoms with Crippen molar-refractivity contribution in [3.63, 3.8) is 0 Å². The van der Waals surface area contributed by atoms with Crippen molar-refractivity contribution in [2.45, 2.75) is 45.7 Å². The number of hydrogen-bond acceptors (Lipinski definition) is 4. The summed E-state index contributed by atoms with van der Waals surface area (Å²) in [5.41, 5.74) is 3.99. The van der Waals surface area contributed by atoms with Gasteiger partial charge in [-0.3, -0.25) is 14.7 Å². The van der Waals surface area contributed by atoms with E-state index in [9.17, 15) is 9.59 Å². The number of anilines is 2. The second-order valence-corrected chi connectivity index (χ2v) is 7.40. The van der Waals surface area contributed by atoms with Gasteiger partial charge in [0.25, 0.3) is 0 Å². The number of benzene rings is 1. The number of H-pyrrole nitrogens is 1. The Bertz CT molecular complexity index is 852. The lowest BCUT2D eigenvalue weighted by Crippen LogP contribution is -2.23. The summed E-state index contributed by atoms with van der Waals surface area (Å²) in [6.45, 7) is 6.66. The lowest BCUT2D eigenvalue weighted by Gasteiger charge is -2.19. The van der Waals surface area contributed by atoms with Crippen molar-refractivity contribution in [2.24, 2.45) is 0 Å². The number of carbonyl (C=O) groups excluding carboxylic acids is 2. The summed E-state index contributed by atoms with van der Waals surface area (Å²) in [5, 5.41) is 10.1. The van der Waals surface area contributed by atoms with Crippen LogP contribution in [-0.4, -0.2) is 40.0 Å². The molecule has 2 aromatic rings. The molecule has 142 valence electrons. The minimum absolute atomic E-state index is 0.0170. The van der Waals surface area contributed by atoms with E-state index in [0.717, 1.165) is 29.9 Å². The first-order chi connectivity index (χ1) is 13.0. The van der Waals surface area contributed by atoms with Gasteiger partial charge < -0.3 is 15.1 Å². The van der Waals surface area contributed by atoms with E-state index in [1.807, 2.05) is 19.1 Å². The Morgan fingerprint density at radius 2 is 1.85 bits per heavy atom. The Morgan fingerprint density at radius 1 is 1.15 bits per heavy atom. The van der Waals surface area contributed by atoms with E-state index in [4.69, 9.17) is 0 Å². The average molecular weight is 367 g/mol. The molecule has 2 aliphatic heterocycles. The Balaban J connectivity index is 1.42. The average Bonchev–Trinajstić information content (AvgIpc) is 3.39. The van der Waals surface area contributed by atoms with Gasteiger partial charge in [0.2, 0.25) is 11.8 Å². The quantitative estimate of drug-likeness (QED) is 0.870. The van der Waals surface area contributed by atoms with Crippen molar-refractivity contribution in [1.29, 1.82) is 0 Å². The van der Waals surface area contributed by atoms with Crippen LogP contribution in [0.5, 0.6) is 0 Å². The third kappa shape index (κ3) is 3.41. The van der Waals surface area contributed by atoms with Crippen LogP contribution in [0.4, 0.5) is 11.5 Å². The van der Waals surface area contributed by atoms with Crippen molar-refractivity contribution in [1.82, 2.24) is 15.1 Å². The van der Waals surface area contributed by atoms with Gasteiger partial charge in [0.15, 0.2) is 5.82 Å². The molecule has 0 radical (unpaired) electrons. The molecular formula is C20H25N5O2. The lowest BCUT2D eigenvalue weighted by molar-refractivity contribution is -0.129. The zero-order valence-corrected chi connectivity index (χ0v) is 15.8. The van der Waals surface area contributed by atoms with Crippen LogP contribution in [0, 0.1) is 0 Å². The molecule has 2 aliphatic rings. The van der Waals surface area contributed by atoms with Gasteiger partial charge in [0.05, 0.1) is 24.7 Å². The molecule has 7 nitrogen and oxygen atoms in total. The molecule has 2 amide bonds. The third-order valence-corrected chi connectivity index (χ3v) is 5.60. The number of fused-ring (bicyclic) bond motifs is 1. The van der Waals surface area contributed by atoms with Crippen LogP contribution in [0.3, 0.4) is 0 Å². The smallest absolute Gasteiger partial charge is 0.232 e. The maximum absolute atomic E-state index is 12.7. The van der Waals surface area contributed by atoms with Gasteiger partial charge in [-0.2, -0.15) is 5.10 Å². The highest BCUT2D eigenvalue weighted by molar-refractivity contribution is 5.95. The number of aromatic amines is 1. The molecule has 1 saturated heterocycles. The fourth-order valence-corrected chi connectivity index (χ4v) is 3.79. The summed E-state index contributed by atoms with van der Waals surface area (Å²) < 4.78 is 0. The molecule has 1 aromatic carbocycles. The first-order valence-corrected chi connectivity index (χ1v) is 9.50. The number of amides is 2. The maximum atomic E-state index is 12.7. The molecule has 1 unspecified atom stereocenters. The van der Waals surface area contributed by atoms with E-state index >= 15 is 0 Å². The Labute approximate surface area is 158 Å². The zero-order valence-electron chi connectivity index (χ0n) is 15.8. The first-order valence-electron chi connectivity index (χ1n) is 9.50. The Kier molecular flexibility index (Phi) is 4.59. The molecule has 4 rings (SSSR count). The monoisotopic (exact) mass is 367 g/mol. The minimum atomic E-state index is -0.282. The van der Waals surface area contributed by atoms with Crippen LogP contribution < -0.4 is 10.2 Å². The Hall–Kier alpha value is -2.83. The van der Waals surface area contributed by atoms with Gasteiger partial charge in [-0.25, -0.2) is 0 Å². The van der Waals surface area contributed by atoms with Gasteiger partial charge >= 0.3 is 0 Å². The van der Waals surface area contributed by atoms with Crippen LogP contribution in [0.15, 0.2) is 24.3 Å². The number of nitrogens with zero attached hydrogens (tertiary/aromatic N) is 3. The molecule has 3 heterocycles. The normalized spacial score (nSPS) is 17.1. The van der Waals surface area contributed by atoms with Gasteiger partial charge in [-0.1, -0.05) is 12.1 Å². The van der Waals surface area contributed by atoms with E-state index in [1.54, 1.807) is 11.8 Å². The number of rotatable bonds is 4. The van der Waals surface area contributed by atoms with Crippen LogP contribution in [0.2, 0.25) is 0 Å². The highest BCUT2D eigenvalue weighted by atomic mass is 16.2. The van der Waals surface area contributed by atoms with Crippen molar-refractivity contribution in [3.8, 4) is 0 Å². The largest absolute Gasteiger partial charge is 0.372 e. The highest BCUT2D eigenvalue weighted by Gasteiger charge is 2.28. The van der Waals surface area contributed by atoms with Crippen molar-refractivity contribution >= 4 is 23.3 Å². The summed E-state index contributed by atoms with van der Waals surface area (Å²) in [6.07, 6.45) is 2.49. The number of aromatic nitrogens is 2. The molecule has 0 bridgehead atoms. The zero-order chi connectivity index (χ0) is 19.0. The SMILES string of the molecule is CC(=O)N1Cc2[nH]nc(NC(=O)C(C)c3ccc(N4CCCC4)cc3)c2C1. The Morgan fingerprint density at radius 3 is 2.52 bits per heavy atom. The number of hydrogen-bond donors (Lipinski definition) is 2. The highest BCUT2D eigenvalue weighted by Crippen LogP contribution is 2.29. The second kappa shape index (κ2) is 7.06. The molecule has 1 atom stereocenters. The molecule has 0 spiro atoms. The van der Waals surface area contributed by atoms with Gasteiger partial charge in [-0.05, 0) is 37.5 Å². The predicted octanol–water partition coefficient (Wildman–Crippen LogP) is 2.61. The van der Waals surface area contributed by atoms with Crippen molar-refractivity contribution in [3.05, 3.63) is 41.1 Å². The summed E-state index contributed by atoms with van der Waals surface area (Å²) in [7, 11) is 0. The minimum Gasteiger partial charge on any atom is -0.372 e. The van der Waals surface area contributed by atoms with Crippen molar-refractivity contribution in [2.75, 3.05) is 23.3 Å². The standard InChI is InChI=1S/C20H25N5O2/c1-13(15-5-7-16(8-6-15)24-9-3-4-10-24)20(27)21-19-17-11-25(14(2)26)12-18(17)22-23-19/h5-8,13H,3-4,9-12H2,1-2H3,(H2,21,22,23,27). The summed E-state index contributed by atoms with van der Waals surface area (Å²) in [6, 6.07) is 8.26. The van der Waals surface area contributed by atoms with Crippen LogP contribution in [0.25, 0.3) is 0 Å². The van der Waals surface area contributed by atoms with E-state index in [0.29, 0.717) is 18.9 Å². The molecule has 1 aromatic heterocycles. The lowest BCUT2D eigenvalue weighted by atomic mass is 10.00. The molecular weight excluding hydrogens is 342 g/mol. The van der Waals surface area contributed by atoms with E-state index in [1.165, 1.54) is 18.5 Å². The van der Waals surface area contributed by atoms with E-state index < -0.39 is 0 Å². The van der Waals surface area contributed by atoms with Crippen LogP contribution in [-0.2, 0) is 22.7 Å². The maximum Gasteiger partial charge on any atom is 0.232 e. The molecule has 7 heteroatoms.